The lowest BCUT2D eigenvalue weighted by Crippen LogP contribution is -2.46. The lowest BCUT2D eigenvalue weighted by atomic mass is 9.93. The van der Waals surface area contributed by atoms with Gasteiger partial charge in [0, 0.05) is 19.1 Å². The molecule has 1 spiro atoms. The van der Waals surface area contributed by atoms with Gasteiger partial charge in [0.1, 0.15) is 5.60 Å². The van der Waals surface area contributed by atoms with Crippen molar-refractivity contribution < 1.29 is 14.3 Å². The molecule has 2 atom stereocenters. The molecule has 0 saturated carbocycles. The lowest BCUT2D eigenvalue weighted by molar-refractivity contribution is -0.0539. The molecule has 2 aliphatic rings. The molecular weight excluding hydrogens is 320 g/mol. The Bertz CT molecular complexity index is 583. The molecule has 0 N–H and O–H groups in total. The van der Waals surface area contributed by atoms with Crippen LogP contribution in [0.2, 0.25) is 0 Å². The maximum atomic E-state index is 12.8. The molecule has 0 aliphatic carbocycles. The highest BCUT2D eigenvalue weighted by Gasteiger charge is 2.44. The maximum absolute atomic E-state index is 12.8. The van der Waals surface area contributed by atoms with Crippen LogP contribution in [0.5, 0.6) is 0 Å². The molecule has 0 aromatic carbocycles. The standard InChI is InChI=1S/C18H28N4O3/c1-14(2)21(3)10-15-8-18(25-11-15)12-22(6-7-24-13-18)17(23)16-4-5-19-20-9-16/h4-5,9,14-15H,6-8,10-13H2,1-3H3/t15-,18+/m0/s1. The molecule has 7 heteroatoms. The molecule has 2 fully saturated rings. The molecule has 1 aromatic heterocycles. The smallest absolute Gasteiger partial charge is 0.255 e. The number of carbonyl (C=O) groups is 1. The molecule has 0 bridgehead atoms. The van der Waals surface area contributed by atoms with Crippen molar-refractivity contribution in [1.29, 1.82) is 0 Å². The second-order valence-electron chi connectivity index (χ2n) is 7.51. The van der Waals surface area contributed by atoms with Crippen LogP contribution in [0, 0.1) is 5.92 Å². The van der Waals surface area contributed by atoms with Crippen LogP contribution in [0.1, 0.15) is 30.6 Å². The number of rotatable bonds is 4. The van der Waals surface area contributed by atoms with Crippen LogP contribution in [-0.4, -0.2) is 84.0 Å². The second-order valence-corrected chi connectivity index (χ2v) is 7.51. The molecule has 25 heavy (non-hydrogen) atoms. The fourth-order valence-electron chi connectivity index (χ4n) is 3.56. The zero-order chi connectivity index (χ0) is 17.9. The summed E-state index contributed by atoms with van der Waals surface area (Å²) in [7, 11) is 2.14. The quantitative estimate of drug-likeness (QED) is 0.811. The van der Waals surface area contributed by atoms with Gasteiger partial charge in [-0.1, -0.05) is 0 Å². The highest BCUT2D eigenvalue weighted by molar-refractivity contribution is 5.93. The number of hydrogen-bond acceptors (Lipinski definition) is 6. The summed E-state index contributed by atoms with van der Waals surface area (Å²) in [5.74, 6) is 0.430. The molecular formula is C18H28N4O3. The van der Waals surface area contributed by atoms with Crippen molar-refractivity contribution in [3.63, 3.8) is 0 Å². The Kier molecular flexibility index (Phi) is 5.66. The van der Waals surface area contributed by atoms with E-state index in [4.69, 9.17) is 9.47 Å². The molecule has 2 saturated heterocycles. The molecule has 2 aliphatic heterocycles. The summed E-state index contributed by atoms with van der Waals surface area (Å²) in [6.07, 6.45) is 3.97. The molecule has 3 heterocycles. The average molecular weight is 348 g/mol. The first kappa shape index (κ1) is 18.2. The predicted octanol–water partition coefficient (Wildman–Crippen LogP) is 1.06. The van der Waals surface area contributed by atoms with E-state index in [-0.39, 0.29) is 5.91 Å². The summed E-state index contributed by atoms with van der Waals surface area (Å²) in [4.78, 5) is 17.0. The molecule has 0 unspecified atom stereocenters. The van der Waals surface area contributed by atoms with Gasteiger partial charge in [-0.3, -0.25) is 4.79 Å². The van der Waals surface area contributed by atoms with Crippen LogP contribution in [0.15, 0.2) is 18.5 Å². The van der Waals surface area contributed by atoms with E-state index in [0.29, 0.717) is 43.8 Å². The zero-order valence-corrected chi connectivity index (χ0v) is 15.4. The minimum atomic E-state index is -0.394. The van der Waals surface area contributed by atoms with Gasteiger partial charge >= 0.3 is 0 Å². The number of aromatic nitrogens is 2. The van der Waals surface area contributed by atoms with Crippen LogP contribution in [0.3, 0.4) is 0 Å². The van der Waals surface area contributed by atoms with Gasteiger partial charge in [-0.25, -0.2) is 0 Å². The summed E-state index contributed by atoms with van der Waals surface area (Å²) in [6.45, 7) is 8.34. The van der Waals surface area contributed by atoms with Crippen molar-refractivity contribution in [3.8, 4) is 0 Å². The summed E-state index contributed by atoms with van der Waals surface area (Å²) in [5, 5.41) is 7.55. The molecule has 7 nitrogen and oxygen atoms in total. The SMILES string of the molecule is CC(C)N(C)C[C@H]1CO[C@]2(COCCN(C(=O)c3ccnnc3)C2)C1. The second kappa shape index (κ2) is 7.76. The van der Waals surface area contributed by atoms with Crippen molar-refractivity contribution in [2.75, 3.05) is 46.5 Å². The summed E-state index contributed by atoms with van der Waals surface area (Å²) in [6, 6.07) is 2.21. The Morgan fingerprint density at radius 1 is 1.48 bits per heavy atom. The number of hydrogen-bond donors (Lipinski definition) is 0. The van der Waals surface area contributed by atoms with Crippen molar-refractivity contribution in [2.45, 2.75) is 31.9 Å². The van der Waals surface area contributed by atoms with E-state index in [0.717, 1.165) is 19.6 Å². The van der Waals surface area contributed by atoms with Crippen molar-refractivity contribution >= 4 is 5.91 Å². The van der Waals surface area contributed by atoms with Gasteiger partial charge in [0.05, 0.1) is 44.3 Å². The van der Waals surface area contributed by atoms with Crippen LogP contribution < -0.4 is 0 Å². The predicted molar refractivity (Wildman–Crippen MR) is 93.3 cm³/mol. The van der Waals surface area contributed by atoms with Gasteiger partial charge in [0.2, 0.25) is 0 Å². The van der Waals surface area contributed by atoms with Gasteiger partial charge < -0.3 is 19.3 Å². The molecule has 138 valence electrons. The Hall–Kier alpha value is -1.57. The minimum Gasteiger partial charge on any atom is -0.377 e. The fourth-order valence-corrected chi connectivity index (χ4v) is 3.56. The van der Waals surface area contributed by atoms with Crippen LogP contribution in [0.25, 0.3) is 0 Å². The van der Waals surface area contributed by atoms with E-state index in [1.807, 2.05) is 4.90 Å². The number of carbonyl (C=O) groups excluding carboxylic acids is 1. The monoisotopic (exact) mass is 348 g/mol. The van der Waals surface area contributed by atoms with E-state index in [1.165, 1.54) is 6.20 Å². The van der Waals surface area contributed by atoms with Gasteiger partial charge in [0.15, 0.2) is 0 Å². The third-order valence-electron chi connectivity index (χ3n) is 5.18. The topological polar surface area (TPSA) is 67.8 Å². The first-order valence-corrected chi connectivity index (χ1v) is 8.97. The first-order valence-electron chi connectivity index (χ1n) is 8.97. The fraction of sp³-hybridized carbons (Fsp3) is 0.722. The third-order valence-corrected chi connectivity index (χ3v) is 5.18. The van der Waals surface area contributed by atoms with Crippen LogP contribution in [-0.2, 0) is 9.47 Å². The van der Waals surface area contributed by atoms with E-state index in [1.54, 1.807) is 12.3 Å². The largest absolute Gasteiger partial charge is 0.377 e. The Morgan fingerprint density at radius 2 is 2.32 bits per heavy atom. The summed E-state index contributed by atoms with van der Waals surface area (Å²) < 4.78 is 12.0. The Morgan fingerprint density at radius 3 is 3.04 bits per heavy atom. The van der Waals surface area contributed by atoms with E-state index in [9.17, 15) is 4.79 Å². The highest BCUT2D eigenvalue weighted by Crippen LogP contribution is 2.33. The van der Waals surface area contributed by atoms with Crippen LogP contribution >= 0.6 is 0 Å². The van der Waals surface area contributed by atoms with Crippen molar-refractivity contribution in [2.24, 2.45) is 5.92 Å². The third kappa shape index (κ3) is 4.34. The summed E-state index contributed by atoms with van der Waals surface area (Å²) in [5.41, 5.74) is 0.163. The van der Waals surface area contributed by atoms with E-state index >= 15 is 0 Å². The average Bonchev–Trinajstić information content (AvgIpc) is 2.87. The van der Waals surface area contributed by atoms with Gasteiger partial charge in [-0.2, -0.15) is 10.2 Å². The van der Waals surface area contributed by atoms with Gasteiger partial charge in [0.25, 0.3) is 5.91 Å². The first-order chi connectivity index (χ1) is 12.0. The Labute approximate surface area is 149 Å². The minimum absolute atomic E-state index is 0.0360. The number of nitrogens with zero attached hydrogens (tertiary/aromatic N) is 4. The van der Waals surface area contributed by atoms with Crippen molar-refractivity contribution in [3.05, 3.63) is 24.0 Å². The number of amides is 1. The zero-order valence-electron chi connectivity index (χ0n) is 15.4. The number of ether oxygens (including phenoxy) is 2. The molecule has 3 rings (SSSR count). The summed E-state index contributed by atoms with van der Waals surface area (Å²) >= 11 is 0. The van der Waals surface area contributed by atoms with Gasteiger partial charge in [-0.15, -0.1) is 0 Å². The normalized spacial score (nSPS) is 27.2. The van der Waals surface area contributed by atoms with Crippen LogP contribution in [0.4, 0.5) is 0 Å². The van der Waals surface area contributed by atoms with E-state index < -0.39 is 5.60 Å². The maximum Gasteiger partial charge on any atom is 0.255 e. The molecule has 0 radical (unpaired) electrons. The molecule has 1 aromatic rings. The Balaban J connectivity index is 1.67. The van der Waals surface area contributed by atoms with E-state index in [2.05, 4.69) is 36.0 Å². The molecule has 1 amide bonds. The lowest BCUT2D eigenvalue weighted by Gasteiger charge is -2.31. The highest BCUT2D eigenvalue weighted by atomic mass is 16.5. The van der Waals surface area contributed by atoms with Gasteiger partial charge in [-0.05, 0) is 39.3 Å². The van der Waals surface area contributed by atoms with Crippen molar-refractivity contribution in [1.82, 2.24) is 20.0 Å².